The topological polar surface area (TPSA) is 29.1 Å². The van der Waals surface area contributed by atoms with E-state index in [1.165, 1.54) is 5.57 Å². The van der Waals surface area contributed by atoms with Crippen molar-refractivity contribution in [1.29, 1.82) is 0 Å². The lowest BCUT2D eigenvalue weighted by atomic mass is 9.97. The van der Waals surface area contributed by atoms with E-state index in [1.54, 1.807) is 0 Å². The van der Waals surface area contributed by atoms with Gasteiger partial charge in [-0.3, -0.25) is 4.79 Å². The lowest BCUT2D eigenvalue weighted by Gasteiger charge is -2.18. The van der Waals surface area contributed by atoms with E-state index in [4.69, 9.17) is 0 Å². The lowest BCUT2D eigenvalue weighted by molar-refractivity contribution is -0.120. The molecule has 1 saturated heterocycles. The molecule has 1 N–H and O–H groups in total. The van der Waals surface area contributed by atoms with Crippen molar-refractivity contribution in [1.82, 2.24) is 5.32 Å². The second-order valence-electron chi connectivity index (χ2n) is 4.38. The molecule has 0 aromatic heterocycles. The van der Waals surface area contributed by atoms with Crippen LogP contribution in [0.1, 0.15) is 39.0 Å². The van der Waals surface area contributed by atoms with E-state index in [0.717, 1.165) is 25.7 Å². The largest absolute Gasteiger partial charge is 0.301 e. The summed E-state index contributed by atoms with van der Waals surface area (Å²) in [6, 6.07) is 0.572. The third-order valence-electron chi connectivity index (χ3n) is 3.38. The van der Waals surface area contributed by atoms with Crippen LogP contribution in [0.5, 0.6) is 0 Å². The van der Waals surface area contributed by atoms with Crippen LogP contribution in [0.4, 0.5) is 0 Å². The van der Waals surface area contributed by atoms with Gasteiger partial charge in [-0.05, 0) is 25.7 Å². The molecule has 2 atom stereocenters. The molecule has 0 spiro atoms. The second-order valence-corrected chi connectivity index (χ2v) is 4.38. The van der Waals surface area contributed by atoms with Gasteiger partial charge < -0.3 is 5.32 Å². The summed E-state index contributed by atoms with van der Waals surface area (Å²) in [5.74, 6) is 0.365. The molecular weight excluding hydrogens is 186 g/mol. The normalized spacial score (nSPS) is 30.3. The third-order valence-corrected chi connectivity index (χ3v) is 3.38. The van der Waals surface area contributed by atoms with Crippen molar-refractivity contribution < 1.29 is 4.79 Å². The molecule has 2 heteroatoms. The molecule has 0 saturated carbocycles. The molecule has 2 rings (SSSR count). The average Bonchev–Trinajstić information content (AvgIpc) is 2.78. The van der Waals surface area contributed by atoms with Crippen LogP contribution in [0.25, 0.3) is 0 Å². The van der Waals surface area contributed by atoms with E-state index in [9.17, 15) is 4.79 Å². The van der Waals surface area contributed by atoms with Crippen molar-refractivity contribution in [3.05, 3.63) is 23.8 Å². The summed E-state index contributed by atoms with van der Waals surface area (Å²) in [4.78, 5) is 11.5. The highest BCUT2D eigenvalue weighted by Crippen LogP contribution is 2.24. The molecule has 0 radical (unpaired) electrons. The van der Waals surface area contributed by atoms with Gasteiger partial charge >= 0.3 is 0 Å². The number of nitrogens with one attached hydrogen (secondary N) is 1. The van der Waals surface area contributed by atoms with Crippen molar-refractivity contribution in [2.24, 2.45) is 0 Å². The lowest BCUT2D eigenvalue weighted by Crippen LogP contribution is -2.36. The average molecular weight is 205 g/mol. The fourth-order valence-electron chi connectivity index (χ4n) is 2.45. The molecule has 1 aliphatic carbocycles. The fraction of sp³-hybridized carbons (Fsp3) is 0.615. The van der Waals surface area contributed by atoms with Crippen LogP contribution < -0.4 is 5.32 Å². The summed E-state index contributed by atoms with van der Waals surface area (Å²) in [6.45, 7) is 1.94. The van der Waals surface area contributed by atoms with Gasteiger partial charge in [-0.25, -0.2) is 0 Å². The maximum Gasteiger partial charge on any atom is 0.149 e. The first kappa shape index (κ1) is 10.6. The van der Waals surface area contributed by atoms with Gasteiger partial charge in [0.1, 0.15) is 5.78 Å². The Bertz CT molecular complexity index is 304. The summed E-state index contributed by atoms with van der Waals surface area (Å²) in [5, 5.41) is 3.46. The van der Waals surface area contributed by atoms with Crippen LogP contribution in [0, 0.1) is 0 Å². The molecular formula is C13H19NO. The Balaban J connectivity index is 1.95. The number of ketones is 1. The number of rotatable bonds is 3. The van der Waals surface area contributed by atoms with Crippen molar-refractivity contribution in [3.8, 4) is 0 Å². The van der Waals surface area contributed by atoms with E-state index < -0.39 is 0 Å². The Hall–Kier alpha value is -0.890. The molecule has 15 heavy (non-hydrogen) atoms. The number of allylic oxidation sites excluding steroid dienone is 3. The predicted octanol–water partition coefficient (Wildman–Crippen LogP) is 2.36. The quantitative estimate of drug-likeness (QED) is 0.766. The molecule has 0 unspecified atom stereocenters. The van der Waals surface area contributed by atoms with Crippen LogP contribution in [0.15, 0.2) is 23.8 Å². The molecule has 0 aromatic carbocycles. The zero-order valence-corrected chi connectivity index (χ0v) is 9.33. The predicted molar refractivity (Wildman–Crippen MR) is 61.7 cm³/mol. The molecule has 82 valence electrons. The minimum atomic E-state index is 0.117. The highest BCUT2D eigenvalue weighted by atomic mass is 16.1. The summed E-state index contributed by atoms with van der Waals surface area (Å²) in [6.07, 6.45) is 11.6. The Labute approximate surface area is 91.4 Å². The van der Waals surface area contributed by atoms with Gasteiger partial charge in [-0.2, -0.15) is 0 Å². The number of carbonyl (C=O) groups excluding carboxylic acids is 1. The van der Waals surface area contributed by atoms with Gasteiger partial charge in [0.25, 0.3) is 0 Å². The molecule has 1 fully saturated rings. The van der Waals surface area contributed by atoms with Crippen LogP contribution in [0.2, 0.25) is 0 Å². The van der Waals surface area contributed by atoms with Crippen molar-refractivity contribution in [2.75, 3.05) is 0 Å². The van der Waals surface area contributed by atoms with E-state index >= 15 is 0 Å². The first-order chi connectivity index (χ1) is 7.31. The molecule has 1 aliphatic heterocycles. The molecule has 0 bridgehead atoms. The van der Waals surface area contributed by atoms with Gasteiger partial charge in [-0.15, -0.1) is 0 Å². The Kier molecular flexibility index (Phi) is 3.37. The van der Waals surface area contributed by atoms with Crippen LogP contribution in [-0.2, 0) is 4.79 Å². The SMILES string of the molecule is CCC(=O)[C@@H]1CC[C@H](C2=CC=CCC2)N1. The smallest absolute Gasteiger partial charge is 0.149 e. The number of hydrogen-bond donors (Lipinski definition) is 1. The Morgan fingerprint density at radius 1 is 1.53 bits per heavy atom. The van der Waals surface area contributed by atoms with Crippen molar-refractivity contribution in [3.63, 3.8) is 0 Å². The van der Waals surface area contributed by atoms with Gasteiger partial charge in [0, 0.05) is 12.5 Å². The van der Waals surface area contributed by atoms with Crippen LogP contribution in [-0.4, -0.2) is 17.9 Å². The van der Waals surface area contributed by atoms with Gasteiger partial charge in [0.15, 0.2) is 0 Å². The van der Waals surface area contributed by atoms with Crippen molar-refractivity contribution >= 4 is 5.78 Å². The first-order valence-electron chi connectivity index (χ1n) is 5.95. The van der Waals surface area contributed by atoms with Crippen LogP contribution >= 0.6 is 0 Å². The molecule has 0 amide bonds. The van der Waals surface area contributed by atoms with Gasteiger partial charge in [0.05, 0.1) is 6.04 Å². The standard InChI is InChI=1S/C13H19NO/c1-2-13(15)12-9-8-11(14-12)10-6-4-3-5-7-10/h3-4,6,11-12,14H,2,5,7-9H2,1H3/t11-,12+/m1/s1. The monoisotopic (exact) mass is 205 g/mol. The molecule has 1 heterocycles. The van der Waals surface area contributed by atoms with E-state index in [1.807, 2.05) is 6.92 Å². The van der Waals surface area contributed by atoms with Gasteiger partial charge in [-0.1, -0.05) is 30.7 Å². The summed E-state index contributed by atoms with van der Waals surface area (Å²) >= 11 is 0. The highest BCUT2D eigenvalue weighted by Gasteiger charge is 2.29. The summed E-state index contributed by atoms with van der Waals surface area (Å²) in [5.41, 5.74) is 1.48. The zero-order chi connectivity index (χ0) is 10.7. The first-order valence-corrected chi connectivity index (χ1v) is 5.95. The maximum atomic E-state index is 11.5. The Morgan fingerprint density at radius 3 is 3.07 bits per heavy atom. The zero-order valence-electron chi connectivity index (χ0n) is 9.33. The molecule has 0 aromatic rings. The number of carbonyl (C=O) groups is 1. The van der Waals surface area contributed by atoms with Crippen LogP contribution in [0.3, 0.4) is 0 Å². The summed E-state index contributed by atoms with van der Waals surface area (Å²) < 4.78 is 0. The van der Waals surface area contributed by atoms with E-state index in [-0.39, 0.29) is 6.04 Å². The minimum Gasteiger partial charge on any atom is -0.301 e. The second kappa shape index (κ2) is 4.75. The molecule has 2 nitrogen and oxygen atoms in total. The maximum absolute atomic E-state index is 11.5. The Morgan fingerprint density at radius 2 is 2.40 bits per heavy atom. The fourth-order valence-corrected chi connectivity index (χ4v) is 2.45. The van der Waals surface area contributed by atoms with Crippen molar-refractivity contribution in [2.45, 2.75) is 51.1 Å². The molecule has 2 aliphatic rings. The summed E-state index contributed by atoms with van der Waals surface area (Å²) in [7, 11) is 0. The van der Waals surface area contributed by atoms with Gasteiger partial charge in [0.2, 0.25) is 0 Å². The number of Topliss-reactive ketones (excluding diaryl/α,β-unsaturated/α-hetero) is 1. The van der Waals surface area contributed by atoms with E-state index in [2.05, 4.69) is 23.5 Å². The highest BCUT2D eigenvalue weighted by molar-refractivity contribution is 5.84. The third kappa shape index (κ3) is 2.37. The van der Waals surface area contributed by atoms with E-state index in [0.29, 0.717) is 18.2 Å². The minimum absolute atomic E-state index is 0.117. The number of hydrogen-bond acceptors (Lipinski definition) is 2.